The number of fused-ring (bicyclic) bond motifs is 3. The SMILES string of the molecule is COc1ccc2c(OC3C[C@H]4C(=O)N[C@]5(C(=O)NS(=O)(=O)C6CC6)CC5/C=C\CCCCC[C@H](NC(=O)OC(C)(C)C)C(=O)N4C3)nc(-c3ccc(N(C)C)cc3)cc2c1. The van der Waals surface area contributed by atoms with Crippen LogP contribution in [0.25, 0.3) is 22.0 Å². The van der Waals surface area contributed by atoms with Crippen LogP contribution in [0.15, 0.2) is 60.7 Å². The molecule has 0 spiro atoms. The van der Waals surface area contributed by atoms with Gasteiger partial charge in [-0.15, -0.1) is 0 Å². The number of hydrogen-bond acceptors (Lipinski definition) is 11. The summed E-state index contributed by atoms with van der Waals surface area (Å²) in [5.74, 6) is -1.44. The molecule has 2 aromatic carbocycles. The lowest BCUT2D eigenvalue weighted by Gasteiger charge is -2.30. The molecule has 5 atom stereocenters. The number of hydrogen-bond donors (Lipinski definition) is 3. The second-order valence-electron chi connectivity index (χ2n) is 17.5. The van der Waals surface area contributed by atoms with Crippen LogP contribution in [0.2, 0.25) is 0 Å². The van der Waals surface area contributed by atoms with Gasteiger partial charge in [0.25, 0.3) is 5.91 Å². The number of nitrogens with zero attached hydrogens (tertiary/aromatic N) is 3. The molecular formula is C44H56N6O9S. The molecule has 4 aliphatic rings. The van der Waals surface area contributed by atoms with Crippen molar-refractivity contribution in [1.82, 2.24) is 25.2 Å². The minimum Gasteiger partial charge on any atom is -0.497 e. The van der Waals surface area contributed by atoms with E-state index in [-0.39, 0.29) is 19.4 Å². The van der Waals surface area contributed by atoms with Crippen molar-refractivity contribution < 1.29 is 41.8 Å². The Morgan fingerprint density at radius 1 is 1.00 bits per heavy atom. The zero-order valence-corrected chi connectivity index (χ0v) is 36.0. The monoisotopic (exact) mass is 844 g/mol. The Morgan fingerprint density at radius 2 is 1.75 bits per heavy atom. The molecule has 1 aromatic heterocycles. The molecule has 7 rings (SSSR count). The number of benzene rings is 2. The molecule has 0 bridgehead atoms. The molecule has 16 heteroatoms. The molecule has 15 nitrogen and oxygen atoms in total. The summed E-state index contributed by atoms with van der Waals surface area (Å²) in [5, 5.41) is 6.53. The maximum Gasteiger partial charge on any atom is 0.408 e. The largest absolute Gasteiger partial charge is 0.497 e. The Balaban J connectivity index is 1.23. The third-order valence-electron chi connectivity index (χ3n) is 11.5. The Labute approximate surface area is 351 Å². The molecule has 3 fully saturated rings. The quantitative estimate of drug-likeness (QED) is 0.240. The highest BCUT2D eigenvalue weighted by atomic mass is 32.2. The summed E-state index contributed by atoms with van der Waals surface area (Å²) in [4.78, 5) is 64.6. The van der Waals surface area contributed by atoms with E-state index in [9.17, 15) is 27.6 Å². The van der Waals surface area contributed by atoms with Gasteiger partial charge in [-0.1, -0.05) is 37.1 Å². The number of carbonyl (C=O) groups excluding carboxylic acids is 4. The Hall–Kier alpha value is -5.38. The van der Waals surface area contributed by atoms with Gasteiger partial charge >= 0.3 is 6.09 Å². The highest BCUT2D eigenvalue weighted by molar-refractivity contribution is 7.91. The first-order valence-electron chi connectivity index (χ1n) is 20.7. The third kappa shape index (κ3) is 9.64. The van der Waals surface area contributed by atoms with Crippen LogP contribution in [0.5, 0.6) is 11.6 Å². The maximum absolute atomic E-state index is 14.7. The summed E-state index contributed by atoms with van der Waals surface area (Å²) in [6.07, 6.45) is 6.61. The minimum atomic E-state index is -3.91. The smallest absolute Gasteiger partial charge is 0.408 e. The van der Waals surface area contributed by atoms with Crippen molar-refractivity contribution in [1.29, 1.82) is 0 Å². The average Bonchev–Trinajstić information content (AvgIpc) is 4.12. The topological polar surface area (TPSA) is 186 Å². The molecule has 4 amide bonds. The molecule has 2 saturated carbocycles. The van der Waals surface area contributed by atoms with Gasteiger partial charge in [0.2, 0.25) is 27.7 Å². The molecule has 60 heavy (non-hydrogen) atoms. The summed E-state index contributed by atoms with van der Waals surface area (Å²) in [6.45, 7) is 5.16. The average molecular weight is 845 g/mol. The van der Waals surface area contributed by atoms with Crippen LogP contribution in [-0.2, 0) is 29.1 Å². The highest BCUT2D eigenvalue weighted by Gasteiger charge is 2.62. The molecular weight excluding hydrogens is 789 g/mol. The third-order valence-corrected chi connectivity index (χ3v) is 13.3. The normalized spacial score (nSPS) is 25.4. The van der Waals surface area contributed by atoms with Crippen LogP contribution >= 0.6 is 0 Å². The van der Waals surface area contributed by atoms with Crippen molar-refractivity contribution >= 4 is 50.3 Å². The van der Waals surface area contributed by atoms with E-state index in [4.69, 9.17) is 19.2 Å². The predicted molar refractivity (Wildman–Crippen MR) is 227 cm³/mol. The second kappa shape index (κ2) is 16.9. The van der Waals surface area contributed by atoms with Crippen LogP contribution < -0.4 is 29.7 Å². The number of alkyl carbamates (subject to hydrolysis) is 1. The molecule has 2 aliphatic heterocycles. The van der Waals surface area contributed by atoms with E-state index in [0.717, 1.165) is 29.5 Å². The molecule has 3 heterocycles. The minimum absolute atomic E-state index is 0.0242. The lowest BCUT2D eigenvalue weighted by molar-refractivity contribution is -0.141. The molecule has 3 N–H and O–H groups in total. The summed E-state index contributed by atoms with van der Waals surface area (Å²) < 4.78 is 45.9. The van der Waals surface area contributed by atoms with E-state index in [2.05, 4.69) is 15.4 Å². The number of sulfonamides is 1. The van der Waals surface area contributed by atoms with Gasteiger partial charge in [0, 0.05) is 43.1 Å². The van der Waals surface area contributed by atoms with Crippen LogP contribution in [0.1, 0.15) is 78.6 Å². The number of allylic oxidation sites excluding steroid dienone is 1. The number of methoxy groups -OCH3 is 1. The number of ether oxygens (including phenoxy) is 3. The molecule has 0 radical (unpaired) electrons. The van der Waals surface area contributed by atoms with E-state index in [0.29, 0.717) is 54.8 Å². The lowest BCUT2D eigenvalue weighted by Crippen LogP contribution is -2.58. The van der Waals surface area contributed by atoms with Gasteiger partial charge in [-0.05, 0) is 101 Å². The first kappa shape index (κ1) is 42.7. The number of carbonyl (C=O) groups is 4. The van der Waals surface area contributed by atoms with Gasteiger partial charge in [0.05, 0.1) is 24.6 Å². The van der Waals surface area contributed by atoms with Crippen molar-refractivity contribution in [2.75, 3.05) is 32.6 Å². The van der Waals surface area contributed by atoms with Gasteiger partial charge in [-0.25, -0.2) is 18.2 Å². The van der Waals surface area contributed by atoms with Gasteiger partial charge in [-0.3, -0.25) is 19.1 Å². The van der Waals surface area contributed by atoms with Crippen molar-refractivity contribution in [3.8, 4) is 22.9 Å². The van der Waals surface area contributed by atoms with Crippen molar-refractivity contribution in [2.24, 2.45) is 5.92 Å². The molecule has 3 aromatic rings. The van der Waals surface area contributed by atoms with Crippen LogP contribution in [0.4, 0.5) is 10.5 Å². The van der Waals surface area contributed by atoms with Crippen molar-refractivity contribution in [2.45, 2.75) is 113 Å². The first-order valence-corrected chi connectivity index (χ1v) is 22.3. The van der Waals surface area contributed by atoms with Crippen LogP contribution in [-0.4, -0.2) is 104 Å². The fourth-order valence-corrected chi connectivity index (χ4v) is 9.32. The fourth-order valence-electron chi connectivity index (χ4n) is 7.95. The van der Waals surface area contributed by atoms with E-state index < -0.39 is 74.3 Å². The Bertz CT molecular complexity index is 2270. The van der Waals surface area contributed by atoms with Gasteiger partial charge in [-0.2, -0.15) is 0 Å². The number of nitrogens with one attached hydrogen (secondary N) is 3. The molecule has 1 saturated heterocycles. The second-order valence-corrected chi connectivity index (χ2v) is 19.5. The van der Waals surface area contributed by atoms with E-state index >= 15 is 0 Å². The predicted octanol–water partition coefficient (Wildman–Crippen LogP) is 5.22. The summed E-state index contributed by atoms with van der Waals surface area (Å²) in [7, 11) is 1.61. The summed E-state index contributed by atoms with van der Waals surface area (Å²) in [5.41, 5.74) is 0.165. The standard InChI is InChI=1S/C44H56N6O9S/c1-43(2,3)59-42(54)46-35-13-11-9-7-8-10-12-29-25-44(29,41(53)48-60(55,56)33-19-20-33)47-38(51)37-24-32(26-50(37)40(35)52)58-39-34-21-18-31(57-6)22-28(34)23-36(45-39)27-14-16-30(17-15-27)49(4)5/h10,12,14-18,21-23,29,32-33,35,37H,7-9,11,13,19-20,24-26H2,1-6H3,(H,46,54)(H,47,51)(H,48,53)/b12-10-/t29?,32?,35-,37-,44+/m0/s1. The number of aromatic nitrogens is 1. The number of anilines is 1. The molecule has 322 valence electrons. The maximum atomic E-state index is 14.7. The summed E-state index contributed by atoms with van der Waals surface area (Å²) in [6, 6.07) is 13.3. The highest BCUT2D eigenvalue weighted by Crippen LogP contribution is 2.46. The van der Waals surface area contributed by atoms with Gasteiger partial charge in [0.1, 0.15) is 35.1 Å². The zero-order valence-electron chi connectivity index (χ0n) is 35.2. The van der Waals surface area contributed by atoms with Crippen molar-refractivity contribution in [3.63, 3.8) is 0 Å². The van der Waals surface area contributed by atoms with E-state index in [1.807, 2.05) is 73.6 Å². The molecule has 2 unspecified atom stereocenters. The van der Waals surface area contributed by atoms with E-state index in [1.54, 1.807) is 33.9 Å². The zero-order chi connectivity index (χ0) is 43.0. The fraction of sp³-hybridized carbons (Fsp3) is 0.523. The van der Waals surface area contributed by atoms with Gasteiger partial charge in [0.15, 0.2) is 0 Å². The molecule has 2 aliphatic carbocycles. The van der Waals surface area contributed by atoms with Crippen LogP contribution in [0.3, 0.4) is 0 Å². The Morgan fingerprint density at radius 3 is 2.43 bits per heavy atom. The summed E-state index contributed by atoms with van der Waals surface area (Å²) >= 11 is 0. The number of rotatable bonds is 9. The van der Waals surface area contributed by atoms with Crippen LogP contribution in [0, 0.1) is 5.92 Å². The number of pyridine rings is 1. The van der Waals surface area contributed by atoms with E-state index in [1.165, 1.54) is 4.90 Å². The lowest BCUT2D eigenvalue weighted by atomic mass is 10.0. The number of amides is 4. The van der Waals surface area contributed by atoms with Crippen molar-refractivity contribution in [3.05, 3.63) is 60.7 Å². The first-order chi connectivity index (χ1) is 28.5. The van der Waals surface area contributed by atoms with Gasteiger partial charge < -0.3 is 34.6 Å². The Kier molecular flexibility index (Phi) is 12.1.